The normalized spacial score (nSPS) is 21.7. The van der Waals surface area contributed by atoms with Crippen LogP contribution in [0.15, 0.2) is 40.0 Å². The van der Waals surface area contributed by atoms with Gasteiger partial charge >= 0.3 is 0 Å². The summed E-state index contributed by atoms with van der Waals surface area (Å²) in [6, 6.07) is 7.28. The van der Waals surface area contributed by atoms with Gasteiger partial charge in [-0.3, -0.25) is 4.79 Å². The van der Waals surface area contributed by atoms with E-state index < -0.39 is 0 Å². The van der Waals surface area contributed by atoms with Gasteiger partial charge in [-0.05, 0) is 36.6 Å². The van der Waals surface area contributed by atoms with Crippen LogP contribution in [0.2, 0.25) is 0 Å². The predicted octanol–water partition coefficient (Wildman–Crippen LogP) is 2.50. The monoisotopic (exact) mass is 257 g/mol. The van der Waals surface area contributed by atoms with E-state index in [1.807, 2.05) is 12.1 Å². The summed E-state index contributed by atoms with van der Waals surface area (Å²) < 4.78 is 5.64. The number of carbonyl (C=O) groups is 1. The average molecular weight is 257 g/mol. The number of carbonyl (C=O) groups excluding carboxylic acids is 1. The predicted molar refractivity (Wildman–Crippen MR) is 71.1 cm³/mol. The van der Waals surface area contributed by atoms with Crippen molar-refractivity contribution in [1.29, 1.82) is 0 Å². The van der Waals surface area contributed by atoms with Crippen molar-refractivity contribution < 1.29 is 9.21 Å². The number of hydrazone groups is 1. The van der Waals surface area contributed by atoms with Crippen LogP contribution >= 0.6 is 0 Å². The van der Waals surface area contributed by atoms with Gasteiger partial charge in [0.05, 0.1) is 6.21 Å². The maximum atomic E-state index is 11.6. The van der Waals surface area contributed by atoms with Crippen LogP contribution in [0.4, 0.5) is 0 Å². The molecule has 5 heteroatoms. The molecule has 2 aromatic rings. The molecule has 2 heterocycles. The molecule has 1 amide bonds. The topological polar surface area (TPSA) is 70.4 Å². The molecule has 5 nitrogen and oxygen atoms in total. The van der Waals surface area contributed by atoms with Gasteiger partial charge < -0.3 is 9.40 Å². The Labute approximate surface area is 110 Å². The molecule has 0 aromatic carbocycles. The Hall–Kier alpha value is -2.30. The number of furan rings is 1. The zero-order valence-electron chi connectivity index (χ0n) is 10.6. The SMILES string of the molecule is C[C@@H]1C[C@H]1c1ccc(/C=N\NC(=O)c2ccc[nH]2)o1. The first kappa shape index (κ1) is 11.8. The number of hydrogen-bond acceptors (Lipinski definition) is 3. The van der Waals surface area contributed by atoms with Crippen molar-refractivity contribution >= 4 is 12.1 Å². The Morgan fingerprint density at radius 3 is 3.05 bits per heavy atom. The van der Waals surface area contributed by atoms with Gasteiger partial charge in [0.2, 0.25) is 0 Å². The third-order valence-corrected chi connectivity index (χ3v) is 3.32. The van der Waals surface area contributed by atoms with E-state index in [2.05, 4.69) is 22.4 Å². The van der Waals surface area contributed by atoms with Crippen LogP contribution in [-0.4, -0.2) is 17.1 Å². The number of nitrogens with one attached hydrogen (secondary N) is 2. The van der Waals surface area contributed by atoms with Crippen molar-refractivity contribution in [3.8, 4) is 0 Å². The van der Waals surface area contributed by atoms with Gasteiger partial charge in [-0.25, -0.2) is 5.43 Å². The molecule has 0 unspecified atom stereocenters. The lowest BCUT2D eigenvalue weighted by atomic mass is 10.3. The van der Waals surface area contributed by atoms with E-state index in [9.17, 15) is 4.79 Å². The smallest absolute Gasteiger partial charge is 0.287 e. The highest BCUT2D eigenvalue weighted by Gasteiger charge is 2.36. The molecule has 3 rings (SSSR count). The van der Waals surface area contributed by atoms with Gasteiger partial charge in [0.25, 0.3) is 5.91 Å². The standard InChI is InChI=1S/C14H15N3O2/c1-9-7-11(9)13-5-4-10(19-13)8-16-17-14(18)12-3-2-6-15-12/h2-6,8-9,11,15H,7H2,1H3,(H,17,18)/b16-8-/t9-,11-/m1/s1. The molecule has 0 saturated heterocycles. The van der Waals surface area contributed by atoms with Crippen LogP contribution in [-0.2, 0) is 0 Å². The minimum Gasteiger partial charge on any atom is -0.460 e. The second-order valence-corrected chi connectivity index (χ2v) is 4.84. The fourth-order valence-electron chi connectivity index (χ4n) is 2.04. The van der Waals surface area contributed by atoms with Crippen molar-refractivity contribution in [2.45, 2.75) is 19.3 Å². The van der Waals surface area contributed by atoms with Crippen LogP contribution in [0.25, 0.3) is 0 Å². The highest BCUT2D eigenvalue weighted by Crippen LogP contribution is 2.47. The van der Waals surface area contributed by atoms with E-state index in [1.165, 1.54) is 12.6 Å². The van der Waals surface area contributed by atoms with Gasteiger partial charge in [0, 0.05) is 12.1 Å². The number of aromatic nitrogens is 1. The Bertz CT molecular complexity index is 598. The zero-order valence-corrected chi connectivity index (χ0v) is 10.6. The summed E-state index contributed by atoms with van der Waals surface area (Å²) in [5, 5.41) is 3.87. The molecule has 0 bridgehead atoms. The number of nitrogens with zero attached hydrogens (tertiary/aromatic N) is 1. The summed E-state index contributed by atoms with van der Waals surface area (Å²) in [4.78, 5) is 14.4. The first-order chi connectivity index (χ1) is 9.24. The first-order valence-electron chi connectivity index (χ1n) is 6.30. The molecular formula is C14H15N3O2. The molecule has 1 saturated carbocycles. The fourth-order valence-corrected chi connectivity index (χ4v) is 2.04. The lowest BCUT2D eigenvalue weighted by molar-refractivity contribution is 0.0951. The van der Waals surface area contributed by atoms with Crippen molar-refractivity contribution in [3.05, 3.63) is 47.7 Å². The number of aromatic amines is 1. The molecule has 2 N–H and O–H groups in total. The Morgan fingerprint density at radius 1 is 1.53 bits per heavy atom. The molecule has 0 spiro atoms. The highest BCUT2D eigenvalue weighted by molar-refractivity contribution is 5.92. The minimum absolute atomic E-state index is 0.274. The molecule has 1 fully saturated rings. The lowest BCUT2D eigenvalue weighted by Crippen LogP contribution is -2.17. The van der Waals surface area contributed by atoms with Crippen molar-refractivity contribution in [1.82, 2.24) is 10.4 Å². The van der Waals surface area contributed by atoms with Crippen molar-refractivity contribution in [2.24, 2.45) is 11.0 Å². The van der Waals surface area contributed by atoms with Crippen LogP contribution < -0.4 is 5.43 Å². The Balaban J connectivity index is 1.57. The van der Waals surface area contributed by atoms with E-state index in [0.717, 1.165) is 5.76 Å². The van der Waals surface area contributed by atoms with E-state index >= 15 is 0 Å². The molecule has 1 aliphatic rings. The highest BCUT2D eigenvalue weighted by atomic mass is 16.3. The van der Waals surface area contributed by atoms with Crippen LogP contribution in [0, 0.1) is 5.92 Å². The van der Waals surface area contributed by atoms with E-state index in [-0.39, 0.29) is 5.91 Å². The molecule has 98 valence electrons. The van der Waals surface area contributed by atoms with Gasteiger partial charge in [0.15, 0.2) is 0 Å². The van der Waals surface area contributed by atoms with Gasteiger partial charge in [-0.2, -0.15) is 5.10 Å². The van der Waals surface area contributed by atoms with Gasteiger partial charge in [-0.15, -0.1) is 0 Å². The molecule has 1 aliphatic carbocycles. The average Bonchev–Trinajstić information content (AvgIpc) is 2.90. The number of H-pyrrole nitrogens is 1. The molecule has 2 aromatic heterocycles. The van der Waals surface area contributed by atoms with Crippen LogP contribution in [0.5, 0.6) is 0 Å². The van der Waals surface area contributed by atoms with Crippen LogP contribution in [0.1, 0.15) is 41.3 Å². The summed E-state index contributed by atoms with van der Waals surface area (Å²) in [6.07, 6.45) is 4.39. The first-order valence-corrected chi connectivity index (χ1v) is 6.30. The van der Waals surface area contributed by atoms with Crippen molar-refractivity contribution in [3.63, 3.8) is 0 Å². The quantitative estimate of drug-likeness (QED) is 0.652. The zero-order chi connectivity index (χ0) is 13.2. The molecule has 2 atom stereocenters. The van der Waals surface area contributed by atoms with Crippen molar-refractivity contribution in [2.75, 3.05) is 0 Å². The maximum Gasteiger partial charge on any atom is 0.287 e. The summed E-state index contributed by atoms with van der Waals surface area (Å²) in [6.45, 7) is 2.21. The van der Waals surface area contributed by atoms with Gasteiger partial charge in [0.1, 0.15) is 17.2 Å². The summed E-state index contributed by atoms with van der Waals surface area (Å²) in [5.74, 6) is 2.65. The Kier molecular flexibility index (Phi) is 2.95. The maximum absolute atomic E-state index is 11.6. The van der Waals surface area contributed by atoms with E-state index in [1.54, 1.807) is 18.3 Å². The van der Waals surface area contributed by atoms with Gasteiger partial charge in [-0.1, -0.05) is 6.92 Å². The number of amides is 1. The molecule has 0 aliphatic heterocycles. The minimum atomic E-state index is -0.274. The summed E-state index contributed by atoms with van der Waals surface area (Å²) in [5.41, 5.74) is 2.91. The second-order valence-electron chi connectivity index (χ2n) is 4.84. The number of rotatable bonds is 4. The van der Waals surface area contributed by atoms with E-state index in [4.69, 9.17) is 4.42 Å². The number of hydrogen-bond donors (Lipinski definition) is 2. The molecule has 0 radical (unpaired) electrons. The fraction of sp³-hybridized carbons (Fsp3) is 0.286. The van der Waals surface area contributed by atoms with E-state index in [0.29, 0.717) is 23.3 Å². The molecular weight excluding hydrogens is 242 g/mol. The lowest BCUT2D eigenvalue weighted by Gasteiger charge is -1.95. The largest absolute Gasteiger partial charge is 0.460 e. The second kappa shape index (κ2) is 4.76. The Morgan fingerprint density at radius 2 is 2.37 bits per heavy atom. The third-order valence-electron chi connectivity index (χ3n) is 3.32. The van der Waals surface area contributed by atoms with Crippen LogP contribution in [0.3, 0.4) is 0 Å². The molecule has 19 heavy (non-hydrogen) atoms. The third kappa shape index (κ3) is 2.59. The summed E-state index contributed by atoms with van der Waals surface area (Å²) >= 11 is 0. The summed E-state index contributed by atoms with van der Waals surface area (Å²) in [7, 11) is 0.